The van der Waals surface area contributed by atoms with Crippen molar-refractivity contribution in [2.45, 2.75) is 37.4 Å². The monoisotopic (exact) mass is 391 g/mol. The first-order valence-electron chi connectivity index (χ1n) is 7.98. The van der Waals surface area contributed by atoms with Gasteiger partial charge in [-0.2, -0.15) is 0 Å². The number of carboxylic acids is 1. The Morgan fingerprint density at radius 1 is 1.21 bits per heavy atom. The lowest BCUT2D eigenvalue weighted by Crippen LogP contribution is -2.30. The van der Waals surface area contributed by atoms with E-state index in [4.69, 9.17) is 9.84 Å². The molecule has 1 atom stereocenters. The average molecular weight is 392 g/mol. The van der Waals surface area contributed by atoms with Crippen molar-refractivity contribution in [1.29, 1.82) is 0 Å². The van der Waals surface area contributed by atoms with Crippen molar-refractivity contribution in [3.8, 4) is 5.75 Å². The molecule has 1 aromatic carbocycles. The van der Waals surface area contributed by atoms with E-state index < -0.39 is 10.3 Å². The van der Waals surface area contributed by atoms with Crippen molar-refractivity contribution in [1.82, 2.24) is 4.98 Å². The van der Waals surface area contributed by atoms with E-state index in [1.54, 1.807) is 6.92 Å². The van der Waals surface area contributed by atoms with E-state index in [0.717, 1.165) is 29.8 Å². The molecule has 1 unspecified atom stereocenters. The van der Waals surface area contributed by atoms with Crippen LogP contribution in [0.5, 0.6) is 5.75 Å². The molecule has 5 heteroatoms. The van der Waals surface area contributed by atoms with Gasteiger partial charge in [0.1, 0.15) is 10.1 Å². The molecule has 2 rings (SSSR count). The van der Waals surface area contributed by atoms with Crippen molar-refractivity contribution < 1.29 is 14.6 Å². The average Bonchev–Trinajstić information content (AvgIpc) is 2.56. The van der Waals surface area contributed by atoms with Crippen LogP contribution in [0.2, 0.25) is 0 Å². The second-order valence-electron chi connectivity index (χ2n) is 5.93. The quantitative estimate of drug-likeness (QED) is 0.689. The third kappa shape index (κ3) is 5.34. The zero-order chi connectivity index (χ0) is 17.6. The van der Waals surface area contributed by atoms with E-state index >= 15 is 0 Å². The van der Waals surface area contributed by atoms with E-state index in [0.29, 0.717) is 13.0 Å². The third-order valence-electron chi connectivity index (χ3n) is 3.83. The van der Waals surface area contributed by atoms with Crippen molar-refractivity contribution in [2.75, 3.05) is 6.61 Å². The lowest BCUT2D eigenvalue weighted by molar-refractivity contribution is -0.139. The Labute approximate surface area is 151 Å². The highest BCUT2D eigenvalue weighted by atomic mass is 79.9. The summed E-state index contributed by atoms with van der Waals surface area (Å²) < 4.78 is 4.78. The zero-order valence-electron chi connectivity index (χ0n) is 14.0. The maximum absolute atomic E-state index is 11.1. The van der Waals surface area contributed by atoms with Crippen molar-refractivity contribution in [3.63, 3.8) is 0 Å². The molecule has 0 spiro atoms. The molecule has 0 aliphatic heterocycles. The Balaban J connectivity index is 1.84. The highest BCUT2D eigenvalue weighted by Gasteiger charge is 2.29. The summed E-state index contributed by atoms with van der Waals surface area (Å²) >= 11 is 3.24. The van der Waals surface area contributed by atoms with Crippen molar-refractivity contribution in [2.24, 2.45) is 0 Å². The number of carboxylic acid groups (broad SMARTS) is 1. The van der Waals surface area contributed by atoms with Gasteiger partial charge in [-0.3, -0.25) is 9.78 Å². The number of aromatic nitrogens is 1. The molecular formula is C19H22BrNO3. The summed E-state index contributed by atoms with van der Waals surface area (Å²) in [5.41, 5.74) is 3.19. The first-order chi connectivity index (χ1) is 11.4. The summed E-state index contributed by atoms with van der Waals surface area (Å²) in [6, 6.07) is 11.7. The van der Waals surface area contributed by atoms with Crippen LogP contribution >= 0.6 is 15.9 Å². The number of benzene rings is 1. The topological polar surface area (TPSA) is 59.4 Å². The summed E-state index contributed by atoms with van der Waals surface area (Å²) in [6.45, 7) is 4.32. The summed E-state index contributed by atoms with van der Waals surface area (Å²) in [6.07, 6.45) is 4.07. The fourth-order valence-corrected chi connectivity index (χ4v) is 2.57. The summed E-state index contributed by atoms with van der Waals surface area (Å²) in [5.74, 6) is -0.0973. The Morgan fingerprint density at radius 2 is 1.88 bits per heavy atom. The number of halogens is 1. The molecule has 0 fully saturated rings. The van der Waals surface area contributed by atoms with Gasteiger partial charge in [-0.05, 0) is 49.1 Å². The number of pyridine rings is 1. The van der Waals surface area contributed by atoms with Gasteiger partial charge in [-0.1, -0.05) is 41.1 Å². The Kier molecular flexibility index (Phi) is 6.37. The van der Waals surface area contributed by atoms with Crippen LogP contribution in [0.4, 0.5) is 0 Å². The number of aryl methyl sites for hydroxylation is 1. The van der Waals surface area contributed by atoms with Gasteiger partial charge in [0, 0.05) is 18.3 Å². The minimum Gasteiger partial charge on any atom is -0.493 e. The van der Waals surface area contributed by atoms with Crippen LogP contribution in [0.25, 0.3) is 0 Å². The number of hydrogen-bond donors (Lipinski definition) is 1. The third-order valence-corrected chi connectivity index (χ3v) is 4.45. The lowest BCUT2D eigenvalue weighted by Gasteiger charge is -2.17. The molecule has 0 radical (unpaired) electrons. The maximum Gasteiger partial charge on any atom is 0.320 e. The molecule has 0 aliphatic carbocycles. The molecule has 128 valence electrons. The second-order valence-corrected chi connectivity index (χ2v) is 7.68. The zero-order valence-corrected chi connectivity index (χ0v) is 15.5. The van der Waals surface area contributed by atoms with Gasteiger partial charge in [-0.25, -0.2) is 0 Å². The van der Waals surface area contributed by atoms with Gasteiger partial charge in [-0.15, -0.1) is 0 Å². The minimum absolute atomic E-state index is 0.413. The summed E-state index contributed by atoms with van der Waals surface area (Å²) in [7, 11) is 0. The normalized spacial score (nSPS) is 13.3. The SMILES string of the molecule is CCc1ccc(CCOc2ccc(CC(C)(Br)C(=O)O)cc2)nc1. The lowest BCUT2D eigenvalue weighted by atomic mass is 10.0. The number of aliphatic carboxylic acids is 1. The van der Waals surface area contributed by atoms with Gasteiger partial charge in [0.2, 0.25) is 0 Å². The van der Waals surface area contributed by atoms with Crippen LogP contribution in [0.15, 0.2) is 42.6 Å². The fraction of sp³-hybridized carbons (Fsp3) is 0.368. The van der Waals surface area contributed by atoms with E-state index in [1.165, 1.54) is 5.56 Å². The fourth-order valence-electron chi connectivity index (χ4n) is 2.25. The molecule has 24 heavy (non-hydrogen) atoms. The van der Waals surface area contributed by atoms with Gasteiger partial charge >= 0.3 is 5.97 Å². The number of hydrogen-bond acceptors (Lipinski definition) is 3. The Morgan fingerprint density at radius 3 is 2.42 bits per heavy atom. The van der Waals surface area contributed by atoms with Crippen LogP contribution in [0.3, 0.4) is 0 Å². The summed E-state index contributed by atoms with van der Waals surface area (Å²) in [4.78, 5) is 15.5. The first kappa shape index (κ1) is 18.5. The van der Waals surface area contributed by atoms with Crippen LogP contribution in [0, 0.1) is 0 Å². The summed E-state index contributed by atoms with van der Waals surface area (Å²) in [5, 5.41) is 9.14. The molecule has 1 aromatic heterocycles. The van der Waals surface area contributed by atoms with Gasteiger partial charge in [0.15, 0.2) is 0 Å². The molecule has 0 aliphatic rings. The molecule has 0 amide bonds. The standard InChI is InChI=1S/C19H22BrNO3/c1-3-14-4-7-16(21-13-14)10-11-24-17-8-5-15(6-9-17)12-19(2,20)18(22)23/h4-9,13H,3,10-12H2,1-2H3,(H,22,23). The second kappa shape index (κ2) is 8.29. The highest BCUT2D eigenvalue weighted by Crippen LogP contribution is 2.24. The van der Waals surface area contributed by atoms with Crippen LogP contribution in [0.1, 0.15) is 30.7 Å². The smallest absolute Gasteiger partial charge is 0.320 e. The molecule has 0 saturated carbocycles. The molecule has 4 nitrogen and oxygen atoms in total. The van der Waals surface area contributed by atoms with E-state index in [9.17, 15) is 4.79 Å². The molecule has 0 saturated heterocycles. The number of alkyl halides is 1. The largest absolute Gasteiger partial charge is 0.493 e. The van der Waals surface area contributed by atoms with Crippen LogP contribution in [-0.4, -0.2) is 27.0 Å². The molecule has 0 bridgehead atoms. The number of rotatable bonds is 8. The molecule has 1 N–H and O–H groups in total. The minimum atomic E-state index is -0.953. The van der Waals surface area contributed by atoms with Crippen LogP contribution in [-0.2, 0) is 24.1 Å². The van der Waals surface area contributed by atoms with Gasteiger partial charge < -0.3 is 9.84 Å². The van der Waals surface area contributed by atoms with Gasteiger partial charge in [0.05, 0.1) is 6.61 Å². The predicted molar refractivity (Wildman–Crippen MR) is 97.9 cm³/mol. The Hall–Kier alpha value is -1.88. The Bertz CT molecular complexity index is 666. The number of ether oxygens (including phenoxy) is 1. The van der Waals surface area contributed by atoms with E-state index in [1.807, 2.05) is 36.5 Å². The van der Waals surface area contributed by atoms with E-state index in [2.05, 4.69) is 33.9 Å². The van der Waals surface area contributed by atoms with E-state index in [-0.39, 0.29) is 0 Å². The van der Waals surface area contributed by atoms with Crippen molar-refractivity contribution >= 4 is 21.9 Å². The molecular weight excluding hydrogens is 370 g/mol. The highest BCUT2D eigenvalue weighted by molar-refractivity contribution is 9.10. The van der Waals surface area contributed by atoms with Crippen LogP contribution < -0.4 is 4.74 Å². The predicted octanol–water partition coefficient (Wildman–Crippen LogP) is 4.05. The first-order valence-corrected chi connectivity index (χ1v) is 8.78. The van der Waals surface area contributed by atoms with Crippen molar-refractivity contribution in [3.05, 3.63) is 59.4 Å². The number of nitrogens with zero attached hydrogens (tertiary/aromatic N) is 1. The molecule has 1 heterocycles. The maximum atomic E-state index is 11.1. The molecule has 2 aromatic rings. The number of carbonyl (C=O) groups is 1. The van der Waals surface area contributed by atoms with Gasteiger partial charge in [0.25, 0.3) is 0 Å².